The maximum Gasteiger partial charge on any atom is 0.435 e. The van der Waals surface area contributed by atoms with E-state index in [4.69, 9.17) is 33.3 Å². The van der Waals surface area contributed by atoms with Gasteiger partial charge >= 0.3 is 6.18 Å². The molecule has 0 N–H and O–H groups in total. The highest BCUT2D eigenvalue weighted by Gasteiger charge is 2.62. The van der Waals surface area contributed by atoms with Gasteiger partial charge in [0.2, 0.25) is 6.19 Å². The molecule has 4 rings (SSSR count). The molecule has 2 aliphatic heterocycles. The van der Waals surface area contributed by atoms with Crippen molar-refractivity contribution >= 4 is 34.7 Å². The first-order chi connectivity index (χ1) is 16.8. The van der Waals surface area contributed by atoms with E-state index in [1.54, 1.807) is 11.1 Å². The number of alkyl halides is 4. The van der Waals surface area contributed by atoms with Crippen molar-refractivity contribution in [3.8, 4) is 6.19 Å². The van der Waals surface area contributed by atoms with Crippen molar-refractivity contribution in [1.82, 2.24) is 4.90 Å². The molecular formula is C24H19Cl2F5N4O. The third-order valence-electron chi connectivity index (χ3n) is 6.26. The summed E-state index contributed by atoms with van der Waals surface area (Å²) in [5, 5.41) is 11.4. The number of hydrogen-bond donors (Lipinski definition) is 0. The van der Waals surface area contributed by atoms with E-state index in [0.717, 1.165) is 12.1 Å². The van der Waals surface area contributed by atoms with Crippen molar-refractivity contribution in [2.75, 3.05) is 13.1 Å². The Hall–Kier alpha value is -2.90. The van der Waals surface area contributed by atoms with Gasteiger partial charge in [0.05, 0.1) is 28.8 Å². The van der Waals surface area contributed by atoms with Gasteiger partial charge in [-0.15, -0.1) is 0 Å². The number of amidine groups is 1. The predicted molar refractivity (Wildman–Crippen MR) is 125 cm³/mol. The van der Waals surface area contributed by atoms with Crippen molar-refractivity contribution in [1.29, 1.82) is 5.26 Å². The summed E-state index contributed by atoms with van der Waals surface area (Å²) in [6.45, 7) is 3.70. The molecule has 0 bridgehead atoms. The highest BCUT2D eigenvalue weighted by atomic mass is 35.5. The van der Waals surface area contributed by atoms with Gasteiger partial charge in [-0.1, -0.05) is 66.5 Å². The van der Waals surface area contributed by atoms with E-state index in [1.165, 1.54) is 24.3 Å². The van der Waals surface area contributed by atoms with E-state index >= 15 is 4.39 Å². The minimum atomic E-state index is -4.93. The summed E-state index contributed by atoms with van der Waals surface area (Å²) in [5.41, 5.74) is -4.49. The predicted octanol–water partition coefficient (Wildman–Crippen LogP) is 6.73. The van der Waals surface area contributed by atoms with Gasteiger partial charge in [0.25, 0.3) is 5.60 Å². The van der Waals surface area contributed by atoms with Crippen molar-refractivity contribution in [3.05, 3.63) is 69.0 Å². The fourth-order valence-electron chi connectivity index (χ4n) is 4.33. The van der Waals surface area contributed by atoms with Crippen LogP contribution in [0.25, 0.3) is 0 Å². The first kappa shape index (κ1) is 26.2. The Morgan fingerprint density at radius 1 is 1.14 bits per heavy atom. The fraction of sp³-hybridized carbons (Fsp3) is 0.375. The van der Waals surface area contributed by atoms with E-state index in [1.807, 2.05) is 13.8 Å². The highest BCUT2D eigenvalue weighted by Crippen LogP contribution is 2.50. The molecule has 1 fully saturated rings. The summed E-state index contributed by atoms with van der Waals surface area (Å²) >= 11 is 11.4. The van der Waals surface area contributed by atoms with Crippen molar-refractivity contribution in [2.45, 2.75) is 37.7 Å². The Balaban J connectivity index is 1.55. The van der Waals surface area contributed by atoms with Gasteiger partial charge in [-0.05, 0) is 23.3 Å². The number of nitrogens with zero attached hydrogens (tertiary/aromatic N) is 4. The number of aliphatic imine (C=N–C) groups is 1. The molecule has 5 nitrogen and oxygen atoms in total. The lowest BCUT2D eigenvalue weighted by atomic mass is 9.84. The summed E-state index contributed by atoms with van der Waals surface area (Å²) in [5.74, 6) is -0.607. The molecule has 36 heavy (non-hydrogen) atoms. The monoisotopic (exact) mass is 544 g/mol. The molecule has 190 valence electrons. The zero-order chi connectivity index (χ0) is 26.5. The second kappa shape index (κ2) is 9.20. The smallest absolute Gasteiger partial charge is 0.374 e. The molecule has 0 aliphatic carbocycles. The first-order valence-electron chi connectivity index (χ1n) is 10.8. The topological polar surface area (TPSA) is 61.0 Å². The largest absolute Gasteiger partial charge is 0.435 e. The molecule has 2 heterocycles. The van der Waals surface area contributed by atoms with Crippen LogP contribution in [0, 0.1) is 23.2 Å². The van der Waals surface area contributed by atoms with E-state index in [0.29, 0.717) is 17.0 Å². The number of likely N-dealkylation sites (tertiary alicyclic amines) is 1. The Kier molecular flexibility index (Phi) is 6.69. The summed E-state index contributed by atoms with van der Waals surface area (Å²) in [4.78, 5) is 10.4. The van der Waals surface area contributed by atoms with Gasteiger partial charge in [-0.2, -0.15) is 23.4 Å². The van der Waals surface area contributed by atoms with Crippen molar-refractivity contribution in [2.24, 2.45) is 16.1 Å². The third kappa shape index (κ3) is 4.39. The van der Waals surface area contributed by atoms with Crippen LogP contribution >= 0.6 is 23.2 Å². The Morgan fingerprint density at radius 3 is 2.22 bits per heavy atom. The standard InChI is InChI=1S/C24H19Cl2F5N4O/c1-13(2)21(33-12-32)35-10-22(28,11-35)15-5-3-14(4-6-15)19-9-23(36-34-19,24(29,30)31)16-7-17(25)20(27)18(26)8-16/h3-8,13H,9-11H2,1-2H3. The first-order valence-corrected chi connectivity index (χ1v) is 11.5. The average Bonchev–Trinajstić information content (AvgIpc) is 3.26. The molecule has 12 heteroatoms. The molecule has 0 radical (unpaired) electrons. The maximum absolute atomic E-state index is 15.4. The van der Waals surface area contributed by atoms with Crippen LogP contribution in [-0.4, -0.2) is 35.7 Å². The maximum atomic E-state index is 15.4. The minimum absolute atomic E-state index is 0.00162. The number of rotatable bonds is 4. The molecule has 2 aliphatic rings. The van der Waals surface area contributed by atoms with Crippen LogP contribution in [0.4, 0.5) is 22.0 Å². The second-order valence-electron chi connectivity index (χ2n) is 9.01. The highest BCUT2D eigenvalue weighted by molar-refractivity contribution is 6.35. The SMILES string of the molecule is CC(C)C(=NC#N)N1CC(F)(c2ccc(C3=NOC(c4cc(Cl)c(F)c(Cl)c4)(C(F)(F)F)C3)cc2)C1. The van der Waals surface area contributed by atoms with E-state index < -0.39 is 45.3 Å². The number of benzene rings is 2. The van der Waals surface area contributed by atoms with Crippen LogP contribution < -0.4 is 0 Å². The molecule has 1 atom stereocenters. The summed E-state index contributed by atoms with van der Waals surface area (Å²) in [7, 11) is 0. The lowest BCUT2D eigenvalue weighted by Gasteiger charge is -2.47. The third-order valence-corrected chi connectivity index (χ3v) is 6.81. The average molecular weight is 545 g/mol. The molecule has 1 saturated heterocycles. The van der Waals surface area contributed by atoms with Crippen LogP contribution in [0.3, 0.4) is 0 Å². The number of oxime groups is 1. The van der Waals surface area contributed by atoms with Gasteiger partial charge in [0.1, 0.15) is 5.84 Å². The second-order valence-corrected chi connectivity index (χ2v) is 9.82. The van der Waals surface area contributed by atoms with Gasteiger partial charge in [-0.25, -0.2) is 8.78 Å². The fourth-order valence-corrected chi connectivity index (χ4v) is 4.82. The van der Waals surface area contributed by atoms with Crippen molar-refractivity contribution < 1.29 is 26.8 Å². The number of halogens is 7. The summed E-state index contributed by atoms with van der Waals surface area (Å²) in [6, 6.07) is 7.51. The zero-order valence-corrected chi connectivity index (χ0v) is 20.5. The lowest BCUT2D eigenvalue weighted by Crippen LogP contribution is -2.59. The Labute approximate surface area is 213 Å². The van der Waals surface area contributed by atoms with Crippen LogP contribution in [0.1, 0.15) is 37.0 Å². The Bertz CT molecular complexity index is 1260. The lowest BCUT2D eigenvalue weighted by molar-refractivity contribution is -0.275. The minimum Gasteiger partial charge on any atom is -0.374 e. The van der Waals surface area contributed by atoms with Crippen LogP contribution in [0.5, 0.6) is 0 Å². The molecule has 0 saturated carbocycles. The van der Waals surface area contributed by atoms with Crippen LogP contribution in [0.2, 0.25) is 10.0 Å². The quantitative estimate of drug-likeness (QED) is 0.141. The van der Waals surface area contributed by atoms with Crippen LogP contribution in [-0.2, 0) is 16.1 Å². The molecule has 0 spiro atoms. The Morgan fingerprint density at radius 2 is 1.72 bits per heavy atom. The van der Waals surface area contributed by atoms with E-state index in [-0.39, 0.29) is 24.7 Å². The normalized spacial score (nSPS) is 21.6. The number of nitriles is 1. The van der Waals surface area contributed by atoms with Crippen LogP contribution in [0.15, 0.2) is 46.5 Å². The molecule has 1 unspecified atom stereocenters. The molecule has 0 amide bonds. The van der Waals surface area contributed by atoms with Gasteiger partial charge in [0, 0.05) is 17.9 Å². The van der Waals surface area contributed by atoms with Crippen molar-refractivity contribution in [3.63, 3.8) is 0 Å². The summed E-state index contributed by atoms with van der Waals surface area (Å²) in [6.07, 6.45) is -3.92. The van der Waals surface area contributed by atoms with E-state index in [2.05, 4.69) is 10.1 Å². The van der Waals surface area contributed by atoms with E-state index in [9.17, 15) is 17.6 Å². The molecular weight excluding hydrogens is 526 g/mol. The summed E-state index contributed by atoms with van der Waals surface area (Å²) < 4.78 is 71.8. The molecule has 2 aromatic carbocycles. The van der Waals surface area contributed by atoms with Gasteiger partial charge in [0.15, 0.2) is 11.5 Å². The van der Waals surface area contributed by atoms with Gasteiger partial charge < -0.3 is 9.74 Å². The van der Waals surface area contributed by atoms with Gasteiger partial charge in [-0.3, -0.25) is 0 Å². The zero-order valence-electron chi connectivity index (χ0n) is 19.0. The number of hydrogen-bond acceptors (Lipinski definition) is 4. The molecule has 2 aromatic rings. The molecule has 0 aromatic heterocycles.